The van der Waals surface area contributed by atoms with Gasteiger partial charge >= 0.3 is 11.9 Å². The monoisotopic (exact) mass is 354 g/mol. The fourth-order valence-corrected chi connectivity index (χ4v) is 2.80. The summed E-state index contributed by atoms with van der Waals surface area (Å²) in [7, 11) is 0. The average Bonchev–Trinajstić information content (AvgIpc) is 2.64. The molecule has 0 aromatic carbocycles. The third-order valence-corrected chi connectivity index (χ3v) is 3.85. The van der Waals surface area contributed by atoms with Crippen LogP contribution in [0.1, 0.15) is 25.5 Å². The Morgan fingerprint density at radius 2 is 1.62 bits per heavy atom. The summed E-state index contributed by atoms with van der Waals surface area (Å²) in [5.41, 5.74) is 2.41. The minimum Gasteiger partial charge on any atom is -0.458 e. The van der Waals surface area contributed by atoms with E-state index in [4.69, 9.17) is 9.47 Å². The largest absolute Gasteiger partial charge is 0.458 e. The minimum absolute atomic E-state index is 0.0729. The predicted molar refractivity (Wildman–Crippen MR) is 97.8 cm³/mol. The zero-order valence-corrected chi connectivity index (χ0v) is 15.0. The Morgan fingerprint density at radius 3 is 2.04 bits per heavy atom. The van der Waals surface area contributed by atoms with E-state index in [1.54, 1.807) is 38.2 Å². The van der Waals surface area contributed by atoms with E-state index >= 15 is 0 Å². The average molecular weight is 354 g/mol. The number of allylic oxidation sites excluding steroid dienone is 2. The Balaban J connectivity index is 2.54. The summed E-state index contributed by atoms with van der Waals surface area (Å²) in [4.78, 5) is 29.7. The Kier molecular flexibility index (Phi) is 6.49. The van der Waals surface area contributed by atoms with Gasteiger partial charge in [-0.3, -0.25) is 4.98 Å². The Labute approximate surface area is 152 Å². The van der Waals surface area contributed by atoms with Gasteiger partial charge in [0, 0.05) is 17.6 Å². The van der Waals surface area contributed by atoms with E-state index in [1.165, 1.54) is 12.2 Å². The van der Waals surface area contributed by atoms with Crippen LogP contribution in [0.5, 0.6) is 0 Å². The van der Waals surface area contributed by atoms with Gasteiger partial charge < -0.3 is 14.8 Å². The number of hydrogen-bond donors (Lipinski definition) is 1. The molecule has 0 amide bonds. The van der Waals surface area contributed by atoms with Crippen LogP contribution >= 0.6 is 0 Å². The Morgan fingerprint density at radius 1 is 1.08 bits per heavy atom. The number of rotatable bonds is 7. The lowest BCUT2D eigenvalue weighted by molar-refractivity contribution is -0.138. The highest BCUT2D eigenvalue weighted by molar-refractivity contribution is 5.99. The first-order valence-electron chi connectivity index (χ1n) is 8.16. The highest BCUT2D eigenvalue weighted by Gasteiger charge is 2.38. The number of esters is 2. The molecule has 2 rings (SSSR count). The summed E-state index contributed by atoms with van der Waals surface area (Å²) < 4.78 is 10.4. The van der Waals surface area contributed by atoms with Gasteiger partial charge in [0.15, 0.2) is 0 Å². The van der Waals surface area contributed by atoms with Crippen LogP contribution in [0, 0.1) is 0 Å². The lowest BCUT2D eigenvalue weighted by Gasteiger charge is -2.29. The molecule has 6 heteroatoms. The maximum Gasteiger partial charge on any atom is 0.337 e. The van der Waals surface area contributed by atoms with E-state index in [-0.39, 0.29) is 13.2 Å². The Hall–Kier alpha value is -3.15. The van der Waals surface area contributed by atoms with E-state index in [9.17, 15) is 9.59 Å². The van der Waals surface area contributed by atoms with Crippen molar-refractivity contribution in [3.8, 4) is 0 Å². The number of hydrogen-bond acceptors (Lipinski definition) is 6. The molecule has 6 nitrogen and oxygen atoms in total. The first-order chi connectivity index (χ1) is 12.5. The molecule has 1 aromatic heterocycles. The van der Waals surface area contributed by atoms with Crippen molar-refractivity contribution < 1.29 is 19.1 Å². The molecule has 1 N–H and O–H groups in total. The van der Waals surface area contributed by atoms with Gasteiger partial charge in [0.25, 0.3) is 0 Å². The summed E-state index contributed by atoms with van der Waals surface area (Å²) in [6.45, 7) is 10.8. The number of nitrogens with zero attached hydrogens (tertiary/aromatic N) is 1. The maximum absolute atomic E-state index is 12.7. The van der Waals surface area contributed by atoms with Gasteiger partial charge in [0.2, 0.25) is 0 Å². The van der Waals surface area contributed by atoms with E-state index in [2.05, 4.69) is 23.5 Å². The van der Waals surface area contributed by atoms with Crippen molar-refractivity contribution in [3.05, 3.63) is 77.9 Å². The number of pyridine rings is 1. The number of carbonyl (C=O) groups excluding carboxylic acids is 2. The smallest absolute Gasteiger partial charge is 0.337 e. The predicted octanol–water partition coefficient (Wildman–Crippen LogP) is 2.77. The number of nitrogens with one attached hydrogen (secondary N) is 1. The van der Waals surface area contributed by atoms with Crippen LogP contribution in [0.3, 0.4) is 0 Å². The molecule has 2 heterocycles. The molecular weight excluding hydrogens is 332 g/mol. The van der Waals surface area contributed by atoms with Crippen molar-refractivity contribution in [1.29, 1.82) is 0 Å². The van der Waals surface area contributed by atoms with Crippen LogP contribution in [0.25, 0.3) is 0 Å². The molecule has 0 bridgehead atoms. The van der Waals surface area contributed by atoms with E-state index in [0.29, 0.717) is 28.2 Å². The molecule has 0 saturated heterocycles. The van der Waals surface area contributed by atoms with Crippen LogP contribution in [0.2, 0.25) is 0 Å². The van der Waals surface area contributed by atoms with Crippen molar-refractivity contribution in [2.75, 3.05) is 13.2 Å². The van der Waals surface area contributed by atoms with Crippen molar-refractivity contribution in [3.63, 3.8) is 0 Å². The summed E-state index contributed by atoms with van der Waals surface area (Å²) in [5.74, 6) is -1.76. The maximum atomic E-state index is 12.7. The zero-order chi connectivity index (χ0) is 19.1. The molecule has 0 spiro atoms. The number of aromatic nitrogens is 1. The van der Waals surface area contributed by atoms with Crippen molar-refractivity contribution in [2.45, 2.75) is 19.8 Å². The van der Waals surface area contributed by atoms with Gasteiger partial charge in [-0.05, 0) is 26.0 Å². The Bertz CT molecular complexity index is 732. The standard InChI is InChI=1S/C20H22N2O4/c1-5-11-25-19(23)16-13(3)22-14(4)17(20(24)26-12-6-2)18(16)15-9-7-8-10-21-15/h5-10,18,22H,1-2,11-12H2,3-4H3. The van der Waals surface area contributed by atoms with Gasteiger partial charge in [-0.2, -0.15) is 0 Å². The summed E-state index contributed by atoms with van der Waals surface area (Å²) in [6.07, 6.45) is 4.59. The first kappa shape index (κ1) is 19.2. The second kappa shape index (κ2) is 8.80. The normalized spacial score (nSPS) is 14.5. The molecule has 136 valence electrons. The van der Waals surface area contributed by atoms with Gasteiger partial charge in [-0.15, -0.1) is 0 Å². The number of dihydropyridines is 1. The van der Waals surface area contributed by atoms with E-state index in [1.807, 2.05) is 0 Å². The molecular formula is C20H22N2O4. The van der Waals surface area contributed by atoms with Crippen LogP contribution in [-0.4, -0.2) is 30.1 Å². The molecule has 0 unspecified atom stereocenters. The molecule has 0 atom stereocenters. The molecule has 0 aliphatic carbocycles. The molecule has 26 heavy (non-hydrogen) atoms. The summed E-state index contributed by atoms with van der Waals surface area (Å²) >= 11 is 0. The second-order valence-corrected chi connectivity index (χ2v) is 5.66. The first-order valence-corrected chi connectivity index (χ1v) is 8.16. The molecule has 0 fully saturated rings. The summed E-state index contributed by atoms with van der Waals surface area (Å²) in [6, 6.07) is 5.33. The molecule has 1 aromatic rings. The second-order valence-electron chi connectivity index (χ2n) is 5.66. The van der Waals surface area contributed by atoms with Crippen molar-refractivity contribution >= 4 is 11.9 Å². The topological polar surface area (TPSA) is 77.5 Å². The minimum atomic E-state index is -0.688. The fourth-order valence-electron chi connectivity index (χ4n) is 2.80. The fraction of sp³-hybridized carbons (Fsp3) is 0.250. The highest BCUT2D eigenvalue weighted by atomic mass is 16.5. The lowest BCUT2D eigenvalue weighted by Crippen LogP contribution is -2.33. The van der Waals surface area contributed by atoms with Crippen LogP contribution in [0.4, 0.5) is 0 Å². The molecule has 0 radical (unpaired) electrons. The van der Waals surface area contributed by atoms with Crippen LogP contribution in [0.15, 0.2) is 72.2 Å². The van der Waals surface area contributed by atoms with Gasteiger partial charge in [0.05, 0.1) is 22.8 Å². The SMILES string of the molecule is C=CCOC(=O)C1=C(C)NC(C)=C(C(=O)OCC=C)C1c1ccccn1. The third kappa shape index (κ3) is 4.08. The molecule has 0 saturated carbocycles. The third-order valence-electron chi connectivity index (χ3n) is 3.85. The van der Waals surface area contributed by atoms with Crippen molar-refractivity contribution in [2.24, 2.45) is 0 Å². The molecule has 1 aliphatic heterocycles. The van der Waals surface area contributed by atoms with Crippen LogP contribution in [-0.2, 0) is 19.1 Å². The van der Waals surface area contributed by atoms with E-state index in [0.717, 1.165) is 0 Å². The highest BCUT2D eigenvalue weighted by Crippen LogP contribution is 2.38. The lowest BCUT2D eigenvalue weighted by atomic mass is 9.83. The van der Waals surface area contributed by atoms with Crippen LogP contribution < -0.4 is 5.32 Å². The molecule has 1 aliphatic rings. The quantitative estimate of drug-likeness (QED) is 0.599. The van der Waals surface area contributed by atoms with Gasteiger partial charge in [-0.1, -0.05) is 31.4 Å². The van der Waals surface area contributed by atoms with Gasteiger partial charge in [-0.25, -0.2) is 9.59 Å². The van der Waals surface area contributed by atoms with E-state index < -0.39 is 17.9 Å². The number of carbonyl (C=O) groups is 2. The van der Waals surface area contributed by atoms with Crippen molar-refractivity contribution in [1.82, 2.24) is 10.3 Å². The van der Waals surface area contributed by atoms with Gasteiger partial charge in [0.1, 0.15) is 13.2 Å². The zero-order valence-electron chi connectivity index (χ0n) is 15.0. The summed E-state index contributed by atoms with van der Waals surface area (Å²) in [5, 5.41) is 3.07. The number of ether oxygens (including phenoxy) is 2.